The molecule has 2 rings (SSSR count). The van der Waals surface area contributed by atoms with Crippen molar-refractivity contribution in [2.75, 3.05) is 12.3 Å². The standard InChI is InChI=1S/C12H13IN4O/c1-2-6-15-12(18)11-9(14)7-4-3-5-8(13)10(7)16-17-11/h3-5H,2,6H2,1H3,(H2,14,16)(H,15,18). The highest BCUT2D eigenvalue weighted by atomic mass is 127. The number of anilines is 1. The van der Waals surface area contributed by atoms with Crippen molar-refractivity contribution in [3.8, 4) is 0 Å². The number of fused-ring (bicyclic) bond motifs is 1. The second kappa shape index (κ2) is 5.47. The Labute approximate surface area is 118 Å². The normalized spacial score (nSPS) is 10.6. The molecule has 0 aliphatic rings. The average molecular weight is 356 g/mol. The van der Waals surface area contributed by atoms with Crippen LogP contribution in [-0.4, -0.2) is 22.6 Å². The van der Waals surface area contributed by atoms with E-state index in [1.807, 2.05) is 25.1 Å². The smallest absolute Gasteiger partial charge is 0.273 e. The minimum Gasteiger partial charge on any atom is -0.396 e. The molecular weight excluding hydrogens is 343 g/mol. The summed E-state index contributed by atoms with van der Waals surface area (Å²) in [5.74, 6) is -0.275. The van der Waals surface area contributed by atoms with E-state index in [9.17, 15) is 4.79 Å². The number of nitrogen functional groups attached to an aromatic ring is 1. The first-order valence-electron chi connectivity index (χ1n) is 5.63. The summed E-state index contributed by atoms with van der Waals surface area (Å²) < 4.78 is 0.963. The lowest BCUT2D eigenvalue weighted by molar-refractivity contribution is 0.0949. The van der Waals surface area contributed by atoms with Gasteiger partial charge in [-0.1, -0.05) is 19.1 Å². The number of nitrogens with two attached hydrogens (primary N) is 1. The number of rotatable bonds is 3. The van der Waals surface area contributed by atoms with Gasteiger partial charge in [-0.05, 0) is 35.1 Å². The van der Waals surface area contributed by atoms with E-state index in [1.165, 1.54) is 0 Å². The fraction of sp³-hybridized carbons (Fsp3) is 0.250. The summed E-state index contributed by atoms with van der Waals surface area (Å²) in [5, 5.41) is 11.5. The molecule has 0 bridgehead atoms. The monoisotopic (exact) mass is 356 g/mol. The zero-order chi connectivity index (χ0) is 13.1. The van der Waals surface area contributed by atoms with Gasteiger partial charge in [0.1, 0.15) is 5.52 Å². The van der Waals surface area contributed by atoms with Gasteiger partial charge >= 0.3 is 0 Å². The molecule has 0 spiro atoms. The van der Waals surface area contributed by atoms with Crippen LogP contribution in [0, 0.1) is 3.57 Å². The van der Waals surface area contributed by atoms with Gasteiger partial charge in [0.15, 0.2) is 5.69 Å². The zero-order valence-electron chi connectivity index (χ0n) is 9.90. The van der Waals surface area contributed by atoms with Crippen LogP contribution in [0.25, 0.3) is 10.9 Å². The second-order valence-corrected chi connectivity index (χ2v) is 5.02. The predicted molar refractivity (Wildman–Crippen MR) is 79.3 cm³/mol. The summed E-state index contributed by atoms with van der Waals surface area (Å²) in [4.78, 5) is 11.9. The van der Waals surface area contributed by atoms with Crippen molar-refractivity contribution in [2.24, 2.45) is 0 Å². The van der Waals surface area contributed by atoms with Crippen LogP contribution in [-0.2, 0) is 0 Å². The molecule has 0 atom stereocenters. The molecule has 18 heavy (non-hydrogen) atoms. The maximum atomic E-state index is 11.9. The zero-order valence-corrected chi connectivity index (χ0v) is 12.1. The van der Waals surface area contributed by atoms with Gasteiger partial charge in [0.05, 0.1) is 5.69 Å². The van der Waals surface area contributed by atoms with Gasteiger partial charge in [0.2, 0.25) is 0 Å². The highest BCUT2D eigenvalue weighted by Crippen LogP contribution is 2.24. The van der Waals surface area contributed by atoms with Crippen LogP contribution in [0.5, 0.6) is 0 Å². The molecule has 3 N–H and O–H groups in total. The third-order valence-corrected chi connectivity index (χ3v) is 3.40. The first-order chi connectivity index (χ1) is 8.65. The number of carbonyl (C=O) groups excluding carboxylic acids is 1. The Hall–Kier alpha value is -1.44. The molecule has 2 aromatic rings. The highest BCUT2D eigenvalue weighted by molar-refractivity contribution is 14.1. The number of carbonyl (C=O) groups is 1. The van der Waals surface area contributed by atoms with Crippen LogP contribution in [0.15, 0.2) is 18.2 Å². The van der Waals surface area contributed by atoms with Crippen LogP contribution >= 0.6 is 22.6 Å². The van der Waals surface area contributed by atoms with Crippen LogP contribution < -0.4 is 11.1 Å². The van der Waals surface area contributed by atoms with Gasteiger partial charge in [-0.25, -0.2) is 0 Å². The first kappa shape index (κ1) is 13.0. The van der Waals surface area contributed by atoms with E-state index < -0.39 is 0 Å². The molecule has 6 heteroatoms. The van der Waals surface area contributed by atoms with Crippen molar-refractivity contribution in [1.82, 2.24) is 15.5 Å². The number of hydrogen-bond acceptors (Lipinski definition) is 4. The maximum absolute atomic E-state index is 11.9. The summed E-state index contributed by atoms with van der Waals surface area (Å²) in [6, 6.07) is 5.65. The van der Waals surface area contributed by atoms with Gasteiger partial charge in [-0.15, -0.1) is 10.2 Å². The summed E-state index contributed by atoms with van der Waals surface area (Å²) >= 11 is 2.17. The number of aromatic nitrogens is 2. The first-order valence-corrected chi connectivity index (χ1v) is 6.71. The van der Waals surface area contributed by atoms with E-state index in [1.54, 1.807) is 0 Å². The van der Waals surface area contributed by atoms with E-state index in [4.69, 9.17) is 5.73 Å². The topological polar surface area (TPSA) is 80.9 Å². The molecule has 0 fully saturated rings. The van der Waals surface area contributed by atoms with Crippen molar-refractivity contribution in [3.05, 3.63) is 27.5 Å². The van der Waals surface area contributed by atoms with Crippen molar-refractivity contribution < 1.29 is 4.79 Å². The van der Waals surface area contributed by atoms with Gasteiger partial charge in [0.25, 0.3) is 5.91 Å². The molecule has 0 saturated heterocycles. The minimum absolute atomic E-state index is 0.193. The lowest BCUT2D eigenvalue weighted by Crippen LogP contribution is -2.26. The maximum Gasteiger partial charge on any atom is 0.273 e. The van der Waals surface area contributed by atoms with Crippen LogP contribution in [0.4, 0.5) is 5.69 Å². The lowest BCUT2D eigenvalue weighted by atomic mass is 10.1. The summed E-state index contributed by atoms with van der Waals surface area (Å²) in [7, 11) is 0. The molecular formula is C12H13IN4O. The van der Waals surface area contributed by atoms with E-state index in [0.29, 0.717) is 12.2 Å². The molecule has 1 aromatic carbocycles. The van der Waals surface area contributed by atoms with Gasteiger partial charge in [-0.3, -0.25) is 4.79 Å². The Bertz CT molecular complexity index is 600. The SMILES string of the molecule is CCCNC(=O)c1nnc2c(I)cccc2c1N. The molecule has 0 radical (unpaired) electrons. The van der Waals surface area contributed by atoms with Crippen molar-refractivity contribution in [2.45, 2.75) is 13.3 Å². The molecule has 0 aliphatic carbocycles. The quantitative estimate of drug-likeness (QED) is 0.824. The molecule has 1 heterocycles. The van der Waals surface area contributed by atoms with E-state index in [2.05, 4.69) is 38.1 Å². The number of nitrogens with zero attached hydrogens (tertiary/aromatic N) is 2. The number of benzene rings is 1. The van der Waals surface area contributed by atoms with Gasteiger partial charge < -0.3 is 11.1 Å². The summed E-state index contributed by atoms with van der Waals surface area (Å²) in [5.41, 5.74) is 7.29. The Morgan fingerprint density at radius 2 is 2.22 bits per heavy atom. The number of amides is 1. The fourth-order valence-corrected chi connectivity index (χ4v) is 2.21. The molecule has 5 nitrogen and oxygen atoms in total. The molecule has 1 aromatic heterocycles. The van der Waals surface area contributed by atoms with Gasteiger partial charge in [0, 0.05) is 15.5 Å². The summed E-state index contributed by atoms with van der Waals surface area (Å²) in [6.45, 7) is 2.59. The van der Waals surface area contributed by atoms with E-state index in [-0.39, 0.29) is 11.6 Å². The molecule has 0 saturated carbocycles. The van der Waals surface area contributed by atoms with Crippen molar-refractivity contribution in [1.29, 1.82) is 0 Å². The van der Waals surface area contributed by atoms with Crippen LogP contribution in [0.2, 0.25) is 0 Å². The Morgan fingerprint density at radius 1 is 1.44 bits per heavy atom. The third kappa shape index (κ3) is 2.38. The fourth-order valence-electron chi connectivity index (χ4n) is 1.61. The van der Waals surface area contributed by atoms with E-state index >= 15 is 0 Å². The summed E-state index contributed by atoms with van der Waals surface area (Å²) in [6.07, 6.45) is 0.866. The van der Waals surface area contributed by atoms with Gasteiger partial charge in [-0.2, -0.15) is 0 Å². The molecule has 0 aliphatic heterocycles. The number of nitrogens with one attached hydrogen (secondary N) is 1. The van der Waals surface area contributed by atoms with Crippen molar-refractivity contribution in [3.63, 3.8) is 0 Å². The van der Waals surface area contributed by atoms with Crippen molar-refractivity contribution >= 4 is 45.1 Å². The number of hydrogen-bond donors (Lipinski definition) is 2. The third-order valence-electron chi connectivity index (χ3n) is 2.53. The molecule has 94 valence electrons. The van der Waals surface area contributed by atoms with Crippen LogP contribution in [0.1, 0.15) is 23.8 Å². The molecule has 0 unspecified atom stereocenters. The Kier molecular flexibility index (Phi) is 3.95. The average Bonchev–Trinajstić information content (AvgIpc) is 2.37. The number of halogens is 1. The van der Waals surface area contributed by atoms with E-state index in [0.717, 1.165) is 20.9 Å². The largest absolute Gasteiger partial charge is 0.396 e. The predicted octanol–water partition coefficient (Wildman–Crippen LogP) is 1.96. The minimum atomic E-state index is -0.275. The second-order valence-electron chi connectivity index (χ2n) is 3.85. The molecule has 1 amide bonds. The Balaban J connectivity index is 2.48. The van der Waals surface area contributed by atoms with Crippen LogP contribution in [0.3, 0.4) is 0 Å². The lowest BCUT2D eigenvalue weighted by Gasteiger charge is -2.08. The Morgan fingerprint density at radius 3 is 2.94 bits per heavy atom. The highest BCUT2D eigenvalue weighted by Gasteiger charge is 2.15.